The molecule has 1 aromatic heterocycles. The minimum absolute atomic E-state index is 0.104. The molecule has 0 aliphatic heterocycles. The van der Waals surface area contributed by atoms with Crippen molar-refractivity contribution in [2.24, 2.45) is 7.05 Å². The number of hydrogen-bond donors (Lipinski definition) is 4. The van der Waals surface area contributed by atoms with Gasteiger partial charge in [-0.2, -0.15) is 10.1 Å². The number of aryl methyl sites for hydroxylation is 1. The fraction of sp³-hybridized carbons (Fsp3) is 0.375. The lowest BCUT2D eigenvalue weighted by molar-refractivity contribution is -0.145. The van der Waals surface area contributed by atoms with Crippen molar-refractivity contribution in [3.8, 4) is 0 Å². The number of carbonyl (C=O) groups excluding carboxylic acids is 1. The maximum absolute atomic E-state index is 11.4. The lowest BCUT2D eigenvalue weighted by Crippen LogP contribution is -2.44. The van der Waals surface area contributed by atoms with E-state index in [-0.39, 0.29) is 5.95 Å². The number of nitrogens with one attached hydrogen (secondary N) is 2. The Bertz CT molecular complexity index is 470. The highest BCUT2D eigenvalue weighted by atomic mass is 16.4. The van der Waals surface area contributed by atoms with Crippen LogP contribution in [0.4, 0.5) is 10.7 Å². The van der Waals surface area contributed by atoms with Crippen LogP contribution in [0.15, 0.2) is 6.33 Å². The summed E-state index contributed by atoms with van der Waals surface area (Å²) in [5, 5.41) is 25.1. The van der Waals surface area contributed by atoms with E-state index in [0.29, 0.717) is 0 Å². The molecule has 1 atom stereocenters. The third kappa shape index (κ3) is 3.73. The van der Waals surface area contributed by atoms with Crippen molar-refractivity contribution >= 4 is 23.9 Å². The van der Waals surface area contributed by atoms with E-state index in [2.05, 4.69) is 15.4 Å². The Morgan fingerprint density at radius 1 is 1.44 bits per heavy atom. The Kier molecular flexibility index (Phi) is 4.18. The number of aromatic nitrogens is 3. The molecule has 10 nitrogen and oxygen atoms in total. The summed E-state index contributed by atoms with van der Waals surface area (Å²) >= 11 is 0. The first-order chi connectivity index (χ1) is 8.40. The van der Waals surface area contributed by atoms with E-state index in [0.717, 1.165) is 0 Å². The van der Waals surface area contributed by atoms with Crippen molar-refractivity contribution in [3.63, 3.8) is 0 Å². The summed E-state index contributed by atoms with van der Waals surface area (Å²) in [5.74, 6) is -2.67. The summed E-state index contributed by atoms with van der Waals surface area (Å²) in [6, 6.07) is -2.39. The van der Waals surface area contributed by atoms with Gasteiger partial charge in [-0.3, -0.25) is 10.1 Å². The van der Waals surface area contributed by atoms with Crippen molar-refractivity contribution in [2.45, 2.75) is 12.5 Å². The van der Waals surface area contributed by atoms with E-state index in [1.165, 1.54) is 18.1 Å². The van der Waals surface area contributed by atoms with Crippen LogP contribution in [0.25, 0.3) is 0 Å². The molecular weight excluding hydrogens is 246 g/mol. The lowest BCUT2D eigenvalue weighted by Gasteiger charge is -2.12. The summed E-state index contributed by atoms with van der Waals surface area (Å²) in [4.78, 5) is 36.2. The summed E-state index contributed by atoms with van der Waals surface area (Å²) < 4.78 is 1.26. The van der Waals surface area contributed by atoms with Crippen LogP contribution in [0.3, 0.4) is 0 Å². The minimum Gasteiger partial charge on any atom is -0.481 e. The summed E-state index contributed by atoms with van der Waals surface area (Å²) in [7, 11) is 1.52. The van der Waals surface area contributed by atoms with Crippen LogP contribution in [0.5, 0.6) is 0 Å². The van der Waals surface area contributed by atoms with Crippen LogP contribution < -0.4 is 10.6 Å². The van der Waals surface area contributed by atoms with Crippen LogP contribution in [-0.2, 0) is 16.6 Å². The summed E-state index contributed by atoms with van der Waals surface area (Å²) in [5.41, 5.74) is 0. The number of carboxylic acids is 2. The number of urea groups is 1. The van der Waals surface area contributed by atoms with Gasteiger partial charge in [0.15, 0.2) is 0 Å². The van der Waals surface area contributed by atoms with Crippen LogP contribution in [-0.4, -0.2) is 49.0 Å². The Morgan fingerprint density at radius 2 is 2.11 bits per heavy atom. The predicted octanol–water partition coefficient (Wildman–Crippen LogP) is -1.14. The molecule has 1 heterocycles. The second-order valence-electron chi connectivity index (χ2n) is 3.29. The largest absolute Gasteiger partial charge is 0.481 e. The molecule has 0 aliphatic carbocycles. The molecule has 0 unspecified atom stereocenters. The molecule has 10 heteroatoms. The van der Waals surface area contributed by atoms with E-state index in [1.54, 1.807) is 0 Å². The van der Waals surface area contributed by atoms with Gasteiger partial charge in [-0.15, -0.1) is 0 Å². The van der Waals surface area contributed by atoms with Crippen LogP contribution in [0.1, 0.15) is 6.42 Å². The fourth-order valence-corrected chi connectivity index (χ4v) is 1.08. The SMILES string of the molecule is Cn1ncnc1NC(=O)N[C@@H](CC(=O)O)C(=O)O. The third-order valence-corrected chi connectivity index (χ3v) is 1.92. The Balaban J connectivity index is 2.59. The molecule has 0 saturated carbocycles. The van der Waals surface area contributed by atoms with Gasteiger partial charge in [0.05, 0.1) is 6.42 Å². The van der Waals surface area contributed by atoms with E-state index < -0.39 is 30.4 Å². The highest BCUT2D eigenvalue weighted by molar-refractivity contribution is 5.92. The number of carbonyl (C=O) groups is 3. The number of nitrogens with zero attached hydrogens (tertiary/aromatic N) is 3. The molecule has 0 aliphatic rings. The normalized spacial score (nSPS) is 11.6. The molecule has 2 amide bonds. The first-order valence-corrected chi connectivity index (χ1v) is 4.76. The molecule has 1 rings (SSSR count). The van der Waals surface area contributed by atoms with Crippen LogP contribution in [0, 0.1) is 0 Å². The molecule has 4 N–H and O–H groups in total. The zero-order valence-corrected chi connectivity index (χ0v) is 9.32. The zero-order chi connectivity index (χ0) is 13.7. The number of carboxylic acid groups (broad SMARTS) is 2. The number of amides is 2. The first-order valence-electron chi connectivity index (χ1n) is 4.76. The Labute approximate surface area is 101 Å². The molecule has 0 saturated heterocycles. The van der Waals surface area contributed by atoms with Crippen molar-refractivity contribution in [3.05, 3.63) is 6.33 Å². The van der Waals surface area contributed by atoms with Crippen molar-refractivity contribution in [2.75, 3.05) is 5.32 Å². The maximum atomic E-state index is 11.4. The number of hydrogen-bond acceptors (Lipinski definition) is 5. The number of aliphatic carboxylic acids is 2. The van der Waals surface area contributed by atoms with E-state index >= 15 is 0 Å². The van der Waals surface area contributed by atoms with Gasteiger partial charge in [0.1, 0.15) is 12.4 Å². The molecule has 1 aromatic rings. The second kappa shape index (κ2) is 5.61. The van der Waals surface area contributed by atoms with Gasteiger partial charge < -0.3 is 15.5 Å². The summed E-state index contributed by atoms with van der Waals surface area (Å²) in [6.45, 7) is 0. The smallest absolute Gasteiger partial charge is 0.326 e. The third-order valence-electron chi connectivity index (χ3n) is 1.92. The first kappa shape index (κ1) is 13.4. The zero-order valence-electron chi connectivity index (χ0n) is 9.32. The Morgan fingerprint density at radius 3 is 2.56 bits per heavy atom. The highest BCUT2D eigenvalue weighted by Crippen LogP contribution is 1.99. The van der Waals surface area contributed by atoms with E-state index in [9.17, 15) is 14.4 Å². The maximum Gasteiger partial charge on any atom is 0.326 e. The van der Waals surface area contributed by atoms with Gasteiger partial charge in [0.2, 0.25) is 5.95 Å². The van der Waals surface area contributed by atoms with E-state index in [4.69, 9.17) is 10.2 Å². The molecule has 0 spiro atoms. The minimum atomic E-state index is -1.52. The molecular formula is C8H11N5O5. The predicted molar refractivity (Wildman–Crippen MR) is 56.8 cm³/mol. The average Bonchev–Trinajstić information content (AvgIpc) is 2.62. The van der Waals surface area contributed by atoms with Gasteiger partial charge >= 0.3 is 18.0 Å². The quantitative estimate of drug-likeness (QED) is 0.521. The standard InChI is InChI=1S/C8H11N5O5/c1-13-7(9-3-10-13)12-8(18)11-4(6(16)17)2-5(14)15/h3-4H,2H2,1H3,(H,14,15)(H,16,17)(H2,9,10,11,12,18)/t4-/m0/s1. The van der Waals surface area contributed by atoms with Gasteiger partial charge in [0, 0.05) is 7.05 Å². The van der Waals surface area contributed by atoms with Gasteiger partial charge in [-0.1, -0.05) is 0 Å². The molecule has 0 radical (unpaired) electrons. The van der Waals surface area contributed by atoms with Crippen molar-refractivity contribution in [1.29, 1.82) is 0 Å². The molecule has 0 aromatic carbocycles. The van der Waals surface area contributed by atoms with Gasteiger partial charge in [0.25, 0.3) is 0 Å². The lowest BCUT2D eigenvalue weighted by atomic mass is 10.2. The Hall–Kier alpha value is -2.65. The van der Waals surface area contributed by atoms with Crippen molar-refractivity contribution in [1.82, 2.24) is 20.1 Å². The number of anilines is 1. The topological polar surface area (TPSA) is 146 Å². The average molecular weight is 257 g/mol. The molecule has 0 fully saturated rings. The van der Waals surface area contributed by atoms with Crippen LogP contribution >= 0.6 is 0 Å². The van der Waals surface area contributed by atoms with E-state index in [1.807, 2.05) is 5.32 Å². The monoisotopic (exact) mass is 257 g/mol. The van der Waals surface area contributed by atoms with Crippen LogP contribution in [0.2, 0.25) is 0 Å². The van der Waals surface area contributed by atoms with Crippen molar-refractivity contribution < 1.29 is 24.6 Å². The number of rotatable bonds is 5. The fourth-order valence-electron chi connectivity index (χ4n) is 1.08. The molecule has 18 heavy (non-hydrogen) atoms. The highest BCUT2D eigenvalue weighted by Gasteiger charge is 2.23. The molecule has 0 bridgehead atoms. The second-order valence-corrected chi connectivity index (χ2v) is 3.29. The molecule has 98 valence electrons. The van der Waals surface area contributed by atoms with Gasteiger partial charge in [-0.05, 0) is 0 Å². The van der Waals surface area contributed by atoms with Gasteiger partial charge in [-0.25, -0.2) is 14.3 Å². The summed E-state index contributed by atoms with van der Waals surface area (Å²) in [6.07, 6.45) is 0.475.